The van der Waals surface area contributed by atoms with Gasteiger partial charge in [-0.25, -0.2) is 18.7 Å². The summed E-state index contributed by atoms with van der Waals surface area (Å²) < 4.78 is 25.8. The number of carbonyl (C=O) groups excluding carboxylic acids is 1. The zero-order valence-corrected chi connectivity index (χ0v) is 10.2. The maximum atomic E-state index is 12.9. The monoisotopic (exact) mass is 259 g/mol. The Morgan fingerprint density at radius 2 is 2.29 bits per heavy atom. The highest BCUT2D eigenvalue weighted by Gasteiger charge is 2.35. The van der Waals surface area contributed by atoms with E-state index in [1.807, 2.05) is 6.26 Å². The molecule has 1 aliphatic rings. The first-order valence-corrected chi connectivity index (χ1v) is 6.20. The minimum atomic E-state index is -2.90. The van der Waals surface area contributed by atoms with Crippen molar-refractivity contribution in [2.75, 3.05) is 12.8 Å². The summed E-state index contributed by atoms with van der Waals surface area (Å²) in [7, 11) is 0. The number of hydrogen-bond acceptors (Lipinski definition) is 4. The van der Waals surface area contributed by atoms with E-state index in [0.29, 0.717) is 16.4 Å². The van der Waals surface area contributed by atoms with Crippen molar-refractivity contribution in [2.45, 2.75) is 24.5 Å². The van der Waals surface area contributed by atoms with Gasteiger partial charge in [-0.05, 0) is 6.26 Å². The molecule has 4 nitrogen and oxygen atoms in total. The first-order chi connectivity index (χ1) is 7.90. The molecule has 0 aliphatic carbocycles. The highest BCUT2D eigenvalue weighted by molar-refractivity contribution is 7.98. The summed E-state index contributed by atoms with van der Waals surface area (Å²) in [5.41, 5.74) is 0.852. The van der Waals surface area contributed by atoms with E-state index in [4.69, 9.17) is 0 Å². The summed E-state index contributed by atoms with van der Waals surface area (Å²) in [6.07, 6.45) is 3.22. The number of carbonyl (C=O) groups is 1. The zero-order valence-electron chi connectivity index (χ0n) is 9.41. The number of amides is 1. The van der Waals surface area contributed by atoms with Gasteiger partial charge < -0.3 is 4.90 Å². The minimum Gasteiger partial charge on any atom is -0.327 e. The third kappa shape index (κ3) is 2.54. The molecule has 0 atom stereocenters. The Kier molecular flexibility index (Phi) is 3.03. The largest absolute Gasteiger partial charge is 0.327 e. The molecule has 1 amide bonds. The predicted octanol–water partition coefficient (Wildman–Crippen LogP) is 1.81. The van der Waals surface area contributed by atoms with Gasteiger partial charge in [-0.1, -0.05) is 11.8 Å². The van der Waals surface area contributed by atoms with Crippen molar-refractivity contribution < 1.29 is 13.6 Å². The lowest BCUT2D eigenvalue weighted by Crippen LogP contribution is -2.35. The highest BCUT2D eigenvalue weighted by atomic mass is 32.2. The standard InChI is InChI=1S/C10H11F2N3OS/c1-10(11,12)5-15-4-7-6(8(15)16)3-13-9(14-7)17-2/h3H,4-5H2,1-2H3. The van der Waals surface area contributed by atoms with Crippen LogP contribution in [0.5, 0.6) is 0 Å². The average Bonchev–Trinajstić information content (AvgIpc) is 2.53. The second kappa shape index (κ2) is 4.21. The number of aromatic nitrogens is 2. The van der Waals surface area contributed by atoms with Crippen LogP contribution in [0.3, 0.4) is 0 Å². The van der Waals surface area contributed by atoms with Crippen molar-refractivity contribution in [1.29, 1.82) is 0 Å². The normalized spacial score (nSPS) is 15.3. The molecule has 0 aromatic carbocycles. The summed E-state index contributed by atoms with van der Waals surface area (Å²) in [5.74, 6) is -3.32. The van der Waals surface area contributed by atoms with Crippen molar-refractivity contribution in [3.8, 4) is 0 Å². The van der Waals surface area contributed by atoms with Crippen molar-refractivity contribution in [3.05, 3.63) is 17.5 Å². The van der Waals surface area contributed by atoms with Crippen LogP contribution in [0, 0.1) is 0 Å². The van der Waals surface area contributed by atoms with Gasteiger partial charge in [-0.15, -0.1) is 0 Å². The second-order valence-corrected chi connectivity index (χ2v) is 4.72. The molecule has 0 spiro atoms. The van der Waals surface area contributed by atoms with Crippen LogP contribution in [-0.4, -0.2) is 39.5 Å². The summed E-state index contributed by atoms with van der Waals surface area (Å²) in [5, 5.41) is 0.543. The molecule has 92 valence electrons. The molecule has 7 heteroatoms. The number of alkyl halides is 2. The molecule has 1 aromatic rings. The van der Waals surface area contributed by atoms with Gasteiger partial charge in [0.2, 0.25) is 0 Å². The first kappa shape index (κ1) is 12.2. The lowest BCUT2D eigenvalue weighted by molar-refractivity contribution is -0.0107. The Morgan fingerprint density at radius 3 is 2.88 bits per heavy atom. The van der Waals surface area contributed by atoms with Gasteiger partial charge in [0.05, 0.1) is 24.3 Å². The Morgan fingerprint density at radius 1 is 1.59 bits per heavy atom. The van der Waals surface area contributed by atoms with Gasteiger partial charge in [0.1, 0.15) is 0 Å². The molecule has 0 radical (unpaired) electrons. The molecule has 0 N–H and O–H groups in total. The lowest BCUT2D eigenvalue weighted by Gasteiger charge is -2.19. The molecule has 0 bridgehead atoms. The molecule has 0 saturated carbocycles. The van der Waals surface area contributed by atoms with Gasteiger partial charge in [-0.2, -0.15) is 0 Å². The van der Waals surface area contributed by atoms with Crippen LogP contribution in [0.25, 0.3) is 0 Å². The molecule has 2 rings (SSSR count). The average molecular weight is 259 g/mol. The van der Waals surface area contributed by atoms with E-state index in [9.17, 15) is 13.6 Å². The van der Waals surface area contributed by atoms with E-state index < -0.39 is 18.4 Å². The minimum absolute atomic E-state index is 0.133. The van der Waals surface area contributed by atoms with Crippen molar-refractivity contribution >= 4 is 17.7 Å². The fourth-order valence-electron chi connectivity index (χ4n) is 1.68. The number of halogens is 2. The lowest BCUT2D eigenvalue weighted by atomic mass is 10.3. The molecule has 17 heavy (non-hydrogen) atoms. The van der Waals surface area contributed by atoms with Crippen LogP contribution in [0.15, 0.2) is 11.4 Å². The number of nitrogens with zero attached hydrogens (tertiary/aromatic N) is 3. The summed E-state index contributed by atoms with van der Waals surface area (Å²) in [6, 6.07) is 0. The summed E-state index contributed by atoms with van der Waals surface area (Å²) in [4.78, 5) is 21.0. The molecule has 0 unspecified atom stereocenters. The Balaban J connectivity index is 2.23. The molecular formula is C10H11F2N3OS. The fraction of sp³-hybridized carbons (Fsp3) is 0.500. The van der Waals surface area contributed by atoms with Crippen molar-refractivity contribution in [2.24, 2.45) is 0 Å². The van der Waals surface area contributed by atoms with E-state index >= 15 is 0 Å². The zero-order chi connectivity index (χ0) is 12.6. The maximum absolute atomic E-state index is 12.9. The highest BCUT2D eigenvalue weighted by Crippen LogP contribution is 2.25. The van der Waals surface area contributed by atoms with Crippen LogP contribution in [0.1, 0.15) is 23.0 Å². The molecule has 2 heterocycles. The maximum Gasteiger partial charge on any atom is 0.262 e. The van der Waals surface area contributed by atoms with E-state index in [-0.39, 0.29) is 6.54 Å². The SMILES string of the molecule is CSc1ncc2c(n1)CN(CC(C)(F)F)C2=O. The van der Waals surface area contributed by atoms with Crippen molar-refractivity contribution in [3.63, 3.8) is 0 Å². The number of hydrogen-bond donors (Lipinski definition) is 0. The third-order valence-electron chi connectivity index (χ3n) is 2.35. The number of thioether (sulfide) groups is 1. The fourth-order valence-corrected chi connectivity index (χ4v) is 2.04. The predicted molar refractivity (Wildman–Crippen MR) is 59.2 cm³/mol. The second-order valence-electron chi connectivity index (χ2n) is 3.95. The van der Waals surface area contributed by atoms with Gasteiger partial charge in [0.25, 0.3) is 11.8 Å². The molecular weight excluding hydrogens is 248 g/mol. The molecule has 1 aromatic heterocycles. The van der Waals surface area contributed by atoms with E-state index in [1.54, 1.807) is 0 Å². The molecule has 1 aliphatic heterocycles. The molecule has 0 fully saturated rings. The van der Waals surface area contributed by atoms with E-state index in [0.717, 1.165) is 11.8 Å². The topological polar surface area (TPSA) is 46.1 Å². The smallest absolute Gasteiger partial charge is 0.262 e. The van der Waals surface area contributed by atoms with Crippen LogP contribution in [0.4, 0.5) is 8.78 Å². The van der Waals surface area contributed by atoms with Crippen LogP contribution in [0.2, 0.25) is 0 Å². The van der Waals surface area contributed by atoms with Gasteiger partial charge in [-0.3, -0.25) is 4.79 Å². The number of rotatable bonds is 3. The van der Waals surface area contributed by atoms with Crippen LogP contribution < -0.4 is 0 Å². The summed E-state index contributed by atoms with van der Waals surface area (Å²) >= 11 is 1.35. The van der Waals surface area contributed by atoms with Crippen LogP contribution >= 0.6 is 11.8 Å². The van der Waals surface area contributed by atoms with Gasteiger partial charge in [0, 0.05) is 13.1 Å². The Hall–Kier alpha value is -1.24. The third-order valence-corrected chi connectivity index (χ3v) is 2.92. The van der Waals surface area contributed by atoms with Gasteiger partial charge >= 0.3 is 0 Å². The van der Waals surface area contributed by atoms with E-state index in [2.05, 4.69) is 9.97 Å². The van der Waals surface area contributed by atoms with Gasteiger partial charge in [0.15, 0.2) is 5.16 Å². The summed E-state index contributed by atoms with van der Waals surface area (Å²) in [6.45, 7) is 0.340. The number of fused-ring (bicyclic) bond motifs is 1. The molecule has 0 saturated heterocycles. The Bertz CT molecular complexity index is 461. The van der Waals surface area contributed by atoms with E-state index in [1.165, 1.54) is 18.0 Å². The van der Waals surface area contributed by atoms with Crippen molar-refractivity contribution in [1.82, 2.24) is 14.9 Å². The first-order valence-electron chi connectivity index (χ1n) is 4.98. The Labute approximate surface area is 101 Å². The quantitative estimate of drug-likeness (QED) is 0.613. The van der Waals surface area contributed by atoms with Crippen LogP contribution in [-0.2, 0) is 6.54 Å².